The Hall–Kier alpha value is -0.520. The van der Waals surface area contributed by atoms with Crippen molar-refractivity contribution in [3.8, 4) is 0 Å². The quantitative estimate of drug-likeness (QED) is 0.339. The zero-order chi connectivity index (χ0) is 13.4. The van der Waals surface area contributed by atoms with Crippen LogP contribution in [0.2, 0.25) is 0 Å². The minimum absolute atomic E-state index is 0. The molecule has 0 aliphatic rings. The van der Waals surface area contributed by atoms with Gasteiger partial charge in [0.2, 0.25) is 0 Å². The first kappa shape index (κ1) is 19.8. The number of aliphatic carboxylic acids is 1. The smallest absolute Gasteiger partial charge is 1.00 e. The van der Waals surface area contributed by atoms with Crippen molar-refractivity contribution in [2.75, 3.05) is 6.61 Å². The summed E-state index contributed by atoms with van der Waals surface area (Å²) in [6.45, 7) is 7.56. The Bertz CT molecular complexity index is 308. The van der Waals surface area contributed by atoms with E-state index in [9.17, 15) is 9.59 Å². The van der Waals surface area contributed by atoms with Gasteiger partial charge in [0.25, 0.3) is 0 Å². The normalized spacial score (nSPS) is 12.6. The van der Waals surface area contributed by atoms with Gasteiger partial charge in [-0.25, -0.2) is 9.59 Å². The standard InChI is InChI=1S/C12H21NO4.Na.H/c1-5-17-11(14)7-9(4)13-10(12(15)16)6-8(2)3;;/h7-8,10,13H,5-6H2,1-4H3,(H,15,16);;/q;+1;-1/t10-;;/m0../s1. The summed E-state index contributed by atoms with van der Waals surface area (Å²) in [6, 6.07) is -0.680. The predicted octanol–water partition coefficient (Wildman–Crippen LogP) is -1.34. The number of carboxylic acid groups (broad SMARTS) is 1. The van der Waals surface area contributed by atoms with Crippen molar-refractivity contribution >= 4 is 11.9 Å². The van der Waals surface area contributed by atoms with Crippen LogP contribution < -0.4 is 34.9 Å². The molecule has 0 bridgehead atoms. The van der Waals surface area contributed by atoms with Gasteiger partial charge in [-0.15, -0.1) is 0 Å². The van der Waals surface area contributed by atoms with Gasteiger partial charge in [-0.05, 0) is 26.2 Å². The minimum Gasteiger partial charge on any atom is -1.00 e. The average molecular weight is 267 g/mol. The molecule has 0 radical (unpaired) electrons. The van der Waals surface area contributed by atoms with Gasteiger partial charge in [-0.3, -0.25) is 0 Å². The Morgan fingerprint density at radius 1 is 1.44 bits per heavy atom. The second-order valence-corrected chi connectivity index (χ2v) is 4.24. The summed E-state index contributed by atoms with van der Waals surface area (Å²) >= 11 is 0. The van der Waals surface area contributed by atoms with E-state index in [1.54, 1.807) is 13.8 Å². The van der Waals surface area contributed by atoms with Crippen LogP contribution >= 0.6 is 0 Å². The van der Waals surface area contributed by atoms with E-state index in [1.165, 1.54) is 6.08 Å². The van der Waals surface area contributed by atoms with Crippen molar-refractivity contribution in [2.45, 2.75) is 40.2 Å². The molecule has 0 amide bonds. The van der Waals surface area contributed by atoms with E-state index < -0.39 is 18.0 Å². The van der Waals surface area contributed by atoms with Crippen LogP contribution in [0.4, 0.5) is 0 Å². The first-order valence-corrected chi connectivity index (χ1v) is 5.71. The van der Waals surface area contributed by atoms with E-state index in [2.05, 4.69) is 5.32 Å². The van der Waals surface area contributed by atoms with Gasteiger partial charge in [0.15, 0.2) is 0 Å². The molecule has 0 spiro atoms. The van der Waals surface area contributed by atoms with Gasteiger partial charge in [0, 0.05) is 11.8 Å². The van der Waals surface area contributed by atoms with E-state index in [1.807, 2.05) is 13.8 Å². The van der Waals surface area contributed by atoms with E-state index in [0.29, 0.717) is 18.7 Å². The van der Waals surface area contributed by atoms with E-state index in [0.717, 1.165) is 0 Å². The van der Waals surface area contributed by atoms with Crippen LogP contribution in [0.3, 0.4) is 0 Å². The molecule has 100 valence electrons. The molecule has 1 atom stereocenters. The van der Waals surface area contributed by atoms with Crippen LogP contribution in [-0.2, 0) is 14.3 Å². The van der Waals surface area contributed by atoms with Crippen LogP contribution in [0.1, 0.15) is 35.5 Å². The Morgan fingerprint density at radius 2 is 2.00 bits per heavy atom. The molecule has 0 fully saturated rings. The van der Waals surface area contributed by atoms with Crippen molar-refractivity contribution in [3.63, 3.8) is 0 Å². The molecule has 0 rings (SSSR count). The summed E-state index contributed by atoms with van der Waals surface area (Å²) in [5.41, 5.74) is 0.497. The second-order valence-electron chi connectivity index (χ2n) is 4.24. The number of carboxylic acids is 1. The van der Waals surface area contributed by atoms with Gasteiger partial charge >= 0.3 is 41.5 Å². The van der Waals surface area contributed by atoms with Crippen LogP contribution in [0, 0.1) is 5.92 Å². The van der Waals surface area contributed by atoms with Gasteiger partial charge in [-0.2, -0.15) is 0 Å². The third-order valence-corrected chi connectivity index (χ3v) is 2.03. The Balaban J connectivity index is -0.00000128. The fourth-order valence-corrected chi connectivity index (χ4v) is 1.37. The van der Waals surface area contributed by atoms with E-state index >= 15 is 0 Å². The van der Waals surface area contributed by atoms with Crippen LogP contribution in [0.15, 0.2) is 11.8 Å². The van der Waals surface area contributed by atoms with E-state index in [4.69, 9.17) is 9.84 Å². The molecule has 0 aromatic heterocycles. The van der Waals surface area contributed by atoms with E-state index in [-0.39, 0.29) is 36.9 Å². The zero-order valence-electron chi connectivity index (χ0n) is 12.8. The summed E-state index contributed by atoms with van der Waals surface area (Å²) in [6.07, 6.45) is 1.77. The summed E-state index contributed by atoms with van der Waals surface area (Å²) in [5.74, 6) is -1.12. The number of carbonyl (C=O) groups is 2. The van der Waals surface area contributed by atoms with Crippen LogP contribution in [0.5, 0.6) is 0 Å². The molecule has 0 saturated carbocycles. The van der Waals surface area contributed by atoms with Gasteiger partial charge in [0.1, 0.15) is 6.04 Å². The molecule has 0 unspecified atom stereocenters. The fourth-order valence-electron chi connectivity index (χ4n) is 1.37. The number of hydrogen-bond donors (Lipinski definition) is 2. The summed E-state index contributed by atoms with van der Waals surface area (Å²) < 4.78 is 4.73. The van der Waals surface area contributed by atoms with Crippen molar-refractivity contribution in [1.82, 2.24) is 5.32 Å². The molecule has 18 heavy (non-hydrogen) atoms. The molecule has 0 aliphatic carbocycles. The number of esters is 1. The summed E-state index contributed by atoms with van der Waals surface area (Å²) in [7, 11) is 0. The molecule has 6 heteroatoms. The molecular weight excluding hydrogens is 245 g/mol. The largest absolute Gasteiger partial charge is 1.00 e. The van der Waals surface area contributed by atoms with Crippen molar-refractivity contribution in [1.29, 1.82) is 0 Å². The average Bonchev–Trinajstić information content (AvgIpc) is 2.15. The minimum atomic E-state index is -0.921. The van der Waals surface area contributed by atoms with Crippen molar-refractivity contribution in [2.24, 2.45) is 5.92 Å². The zero-order valence-corrected chi connectivity index (χ0v) is 13.8. The summed E-state index contributed by atoms with van der Waals surface area (Å²) in [5, 5.41) is 11.8. The van der Waals surface area contributed by atoms with Crippen LogP contribution in [0.25, 0.3) is 0 Å². The van der Waals surface area contributed by atoms with Crippen molar-refractivity contribution in [3.05, 3.63) is 11.8 Å². The second kappa shape index (κ2) is 10.4. The molecule has 2 N–H and O–H groups in total. The number of rotatable bonds is 7. The number of ether oxygens (including phenoxy) is 1. The molecule has 0 heterocycles. The number of hydrogen-bond acceptors (Lipinski definition) is 4. The van der Waals surface area contributed by atoms with Crippen molar-refractivity contribution < 1.29 is 50.4 Å². The summed E-state index contributed by atoms with van der Waals surface area (Å²) in [4.78, 5) is 22.1. The molecule has 0 aromatic carbocycles. The Morgan fingerprint density at radius 3 is 2.39 bits per heavy atom. The molecule has 5 nitrogen and oxygen atoms in total. The fraction of sp³-hybridized carbons (Fsp3) is 0.667. The first-order valence-electron chi connectivity index (χ1n) is 5.71. The maximum atomic E-state index is 11.1. The van der Waals surface area contributed by atoms with Gasteiger partial charge in [0.05, 0.1) is 6.61 Å². The predicted molar refractivity (Wildman–Crippen MR) is 65.5 cm³/mol. The third kappa shape index (κ3) is 9.50. The maximum absolute atomic E-state index is 11.1. The number of allylic oxidation sites excluding steroid dienone is 1. The molecule has 0 aromatic rings. The topological polar surface area (TPSA) is 75.6 Å². The van der Waals surface area contributed by atoms with Gasteiger partial charge in [-0.1, -0.05) is 13.8 Å². The number of nitrogens with one attached hydrogen (secondary N) is 1. The third-order valence-electron chi connectivity index (χ3n) is 2.03. The SMILES string of the molecule is CCOC(=O)C=C(C)N[C@@H](CC(C)C)C(=O)O.[H-].[Na+]. The van der Waals surface area contributed by atoms with Crippen LogP contribution in [-0.4, -0.2) is 29.7 Å². The maximum Gasteiger partial charge on any atom is 1.00 e. The monoisotopic (exact) mass is 267 g/mol. The Labute approximate surface area is 132 Å². The Kier molecular flexibility index (Phi) is 11.5. The number of carbonyl (C=O) groups excluding carboxylic acids is 1. The first-order chi connectivity index (χ1) is 7.86. The van der Waals surface area contributed by atoms with Gasteiger partial charge < -0.3 is 16.6 Å². The molecule has 0 saturated heterocycles. The molecular formula is C12H22NNaO4. The molecule has 0 aliphatic heterocycles.